The highest BCUT2D eigenvalue weighted by atomic mass is 35.5. The van der Waals surface area contributed by atoms with Gasteiger partial charge >= 0.3 is 0 Å². The van der Waals surface area contributed by atoms with E-state index in [1.54, 1.807) is 0 Å². The summed E-state index contributed by atoms with van der Waals surface area (Å²) in [5.74, 6) is 0.741. The maximum absolute atomic E-state index is 8.61. The molecule has 0 fully saturated rings. The maximum Gasteiger partial charge on any atom is 0.174 e. The fraction of sp³-hybridized carbons (Fsp3) is 0.235. The van der Waals surface area contributed by atoms with Gasteiger partial charge in [0.1, 0.15) is 11.8 Å². The lowest BCUT2D eigenvalue weighted by Crippen LogP contribution is -2.18. The smallest absolute Gasteiger partial charge is 0.174 e. The summed E-state index contributed by atoms with van der Waals surface area (Å²) in [4.78, 5) is 0. The van der Waals surface area contributed by atoms with Crippen molar-refractivity contribution >= 4 is 11.6 Å². The molecule has 2 rings (SSSR count). The number of hydrogen-bond donors (Lipinski definition) is 1. The van der Waals surface area contributed by atoms with Crippen LogP contribution in [0.5, 0.6) is 5.75 Å². The van der Waals surface area contributed by atoms with Gasteiger partial charge in [-0.25, -0.2) is 0 Å². The van der Waals surface area contributed by atoms with Gasteiger partial charge < -0.3 is 10.1 Å². The third-order valence-electron chi connectivity index (χ3n) is 3.21. The van der Waals surface area contributed by atoms with E-state index >= 15 is 0 Å². The molecule has 3 nitrogen and oxygen atoms in total. The Hall–Kier alpha value is -2.02. The van der Waals surface area contributed by atoms with Gasteiger partial charge in [-0.15, -0.1) is 0 Å². The van der Waals surface area contributed by atoms with Crippen molar-refractivity contribution in [2.75, 3.05) is 6.61 Å². The van der Waals surface area contributed by atoms with E-state index in [-0.39, 0.29) is 12.6 Å². The van der Waals surface area contributed by atoms with Crippen LogP contribution in [0.2, 0.25) is 5.02 Å². The molecular weight excluding hydrogens is 284 g/mol. The van der Waals surface area contributed by atoms with E-state index in [4.69, 9.17) is 21.6 Å². The number of hydrogen-bond acceptors (Lipinski definition) is 3. The van der Waals surface area contributed by atoms with Crippen LogP contribution >= 0.6 is 11.6 Å². The number of ether oxygens (including phenoxy) is 1. The minimum Gasteiger partial charge on any atom is -0.478 e. The van der Waals surface area contributed by atoms with Gasteiger partial charge in [0.2, 0.25) is 0 Å². The molecular formula is C17H17ClN2O. The first-order chi connectivity index (χ1) is 10.2. The highest BCUT2D eigenvalue weighted by molar-refractivity contribution is 6.30. The van der Waals surface area contributed by atoms with E-state index in [0.717, 1.165) is 21.9 Å². The van der Waals surface area contributed by atoms with Crippen molar-refractivity contribution in [3.63, 3.8) is 0 Å². The van der Waals surface area contributed by atoms with Crippen LogP contribution < -0.4 is 10.1 Å². The van der Waals surface area contributed by atoms with Crippen molar-refractivity contribution < 1.29 is 4.74 Å². The molecule has 0 saturated carbocycles. The first kappa shape index (κ1) is 15.4. The number of halogens is 1. The molecule has 0 aliphatic carbocycles. The van der Waals surface area contributed by atoms with E-state index in [1.165, 1.54) is 0 Å². The van der Waals surface area contributed by atoms with Gasteiger partial charge in [0.05, 0.1) is 0 Å². The first-order valence-corrected chi connectivity index (χ1v) is 7.15. The lowest BCUT2D eigenvalue weighted by molar-refractivity contribution is 0.361. The average Bonchev–Trinajstić information content (AvgIpc) is 2.51. The van der Waals surface area contributed by atoms with Gasteiger partial charge in [0.15, 0.2) is 6.61 Å². The van der Waals surface area contributed by atoms with Crippen molar-refractivity contribution in [2.45, 2.75) is 19.5 Å². The lowest BCUT2D eigenvalue weighted by Gasteiger charge is -2.16. The number of benzene rings is 2. The first-order valence-electron chi connectivity index (χ1n) is 6.77. The molecule has 0 aliphatic heterocycles. The molecule has 1 atom stereocenters. The number of para-hydroxylation sites is 1. The van der Waals surface area contributed by atoms with Crippen LogP contribution in [-0.2, 0) is 6.54 Å². The summed E-state index contributed by atoms with van der Waals surface area (Å²) in [6, 6.07) is 17.7. The van der Waals surface area contributed by atoms with Gasteiger partial charge in [0, 0.05) is 23.2 Å². The van der Waals surface area contributed by atoms with Crippen molar-refractivity contribution in [3.8, 4) is 11.8 Å². The zero-order chi connectivity index (χ0) is 15.1. The molecule has 0 aromatic heterocycles. The van der Waals surface area contributed by atoms with Crippen LogP contribution in [0, 0.1) is 11.3 Å². The summed E-state index contributed by atoms with van der Waals surface area (Å²) in [5.41, 5.74) is 2.17. The van der Waals surface area contributed by atoms with E-state index in [9.17, 15) is 0 Å². The third kappa shape index (κ3) is 4.49. The maximum atomic E-state index is 8.61. The van der Waals surface area contributed by atoms with Crippen LogP contribution in [-0.4, -0.2) is 6.61 Å². The van der Waals surface area contributed by atoms with Gasteiger partial charge in [-0.1, -0.05) is 41.9 Å². The highest BCUT2D eigenvalue weighted by Gasteiger charge is 2.08. The van der Waals surface area contributed by atoms with Crippen LogP contribution in [0.4, 0.5) is 0 Å². The minimum atomic E-state index is 0.0564. The molecule has 1 N–H and O–H groups in total. The fourth-order valence-corrected chi connectivity index (χ4v) is 2.26. The van der Waals surface area contributed by atoms with Gasteiger partial charge in [0.25, 0.3) is 0 Å². The van der Waals surface area contributed by atoms with Gasteiger partial charge in [-0.3, -0.25) is 0 Å². The second-order valence-electron chi connectivity index (χ2n) is 4.71. The number of rotatable bonds is 6. The summed E-state index contributed by atoms with van der Waals surface area (Å²) in [6.07, 6.45) is 0. The third-order valence-corrected chi connectivity index (χ3v) is 3.45. The zero-order valence-electron chi connectivity index (χ0n) is 11.8. The second kappa shape index (κ2) is 7.68. The molecule has 0 heterocycles. The second-order valence-corrected chi connectivity index (χ2v) is 5.15. The van der Waals surface area contributed by atoms with Crippen LogP contribution in [0.15, 0.2) is 48.5 Å². The van der Waals surface area contributed by atoms with Crippen LogP contribution in [0.3, 0.4) is 0 Å². The zero-order valence-corrected chi connectivity index (χ0v) is 12.6. The lowest BCUT2D eigenvalue weighted by atomic mass is 10.1. The minimum absolute atomic E-state index is 0.0564. The largest absolute Gasteiger partial charge is 0.478 e. The fourth-order valence-electron chi connectivity index (χ4n) is 2.06. The van der Waals surface area contributed by atoms with E-state index in [0.29, 0.717) is 6.54 Å². The molecule has 2 aromatic rings. The Kier molecular flexibility index (Phi) is 5.62. The topological polar surface area (TPSA) is 45.0 Å². The Labute approximate surface area is 130 Å². The Balaban J connectivity index is 2.01. The summed E-state index contributed by atoms with van der Waals surface area (Å²) < 4.78 is 5.42. The van der Waals surface area contributed by atoms with E-state index in [1.807, 2.05) is 54.6 Å². The Morgan fingerprint density at radius 3 is 2.81 bits per heavy atom. The molecule has 0 radical (unpaired) electrons. The van der Waals surface area contributed by atoms with E-state index < -0.39 is 0 Å². The quantitative estimate of drug-likeness (QED) is 0.874. The number of nitrogens with zero attached hydrogens (tertiary/aromatic N) is 1. The molecule has 0 bridgehead atoms. The summed E-state index contributed by atoms with van der Waals surface area (Å²) in [7, 11) is 0. The molecule has 108 valence electrons. The monoisotopic (exact) mass is 300 g/mol. The van der Waals surface area contributed by atoms with Crippen LogP contribution in [0.1, 0.15) is 24.1 Å². The normalized spacial score (nSPS) is 11.7. The summed E-state index contributed by atoms with van der Waals surface area (Å²) in [6.45, 7) is 2.81. The molecule has 21 heavy (non-hydrogen) atoms. The van der Waals surface area contributed by atoms with Crippen molar-refractivity contribution in [1.82, 2.24) is 5.32 Å². The SMILES string of the molecule is C[C@@H](NCc1ccccc1OCC#N)c1cccc(Cl)c1. The Morgan fingerprint density at radius 2 is 2.05 bits per heavy atom. The molecule has 0 unspecified atom stereocenters. The number of nitrogens with one attached hydrogen (secondary N) is 1. The molecule has 0 saturated heterocycles. The van der Waals surface area contributed by atoms with E-state index in [2.05, 4.69) is 12.2 Å². The predicted octanol–water partition coefficient (Wildman–Crippen LogP) is 4.09. The highest BCUT2D eigenvalue weighted by Crippen LogP contribution is 2.21. The molecule has 0 spiro atoms. The van der Waals surface area contributed by atoms with Crippen molar-refractivity contribution in [3.05, 3.63) is 64.7 Å². The van der Waals surface area contributed by atoms with Crippen molar-refractivity contribution in [1.29, 1.82) is 5.26 Å². The molecule has 2 aromatic carbocycles. The molecule has 4 heteroatoms. The number of nitriles is 1. The van der Waals surface area contributed by atoms with Crippen LogP contribution in [0.25, 0.3) is 0 Å². The predicted molar refractivity (Wildman–Crippen MR) is 84.3 cm³/mol. The summed E-state index contributed by atoms with van der Waals surface area (Å²) in [5, 5.41) is 12.8. The van der Waals surface area contributed by atoms with Gasteiger partial charge in [-0.05, 0) is 30.7 Å². The Morgan fingerprint density at radius 1 is 1.24 bits per heavy atom. The standard InChI is InChI=1S/C17H17ClN2O/c1-13(14-6-4-7-16(18)11-14)20-12-15-5-2-3-8-17(15)21-10-9-19/h2-8,11,13,20H,10,12H2,1H3/t13-/m1/s1. The molecule has 0 amide bonds. The van der Waals surface area contributed by atoms with Gasteiger partial charge in [-0.2, -0.15) is 5.26 Å². The molecule has 0 aliphatic rings. The van der Waals surface area contributed by atoms with Crippen molar-refractivity contribution in [2.24, 2.45) is 0 Å². The average molecular weight is 301 g/mol. The summed E-state index contributed by atoms with van der Waals surface area (Å²) >= 11 is 6.01. The Bertz CT molecular complexity index is 637.